The third-order valence-electron chi connectivity index (χ3n) is 4.60. The molecule has 0 spiro atoms. The molecule has 1 aliphatic heterocycles. The van der Waals surface area contributed by atoms with E-state index in [0.717, 1.165) is 5.56 Å². The molecule has 6 heteroatoms. The highest BCUT2D eigenvalue weighted by molar-refractivity contribution is 5.48. The topological polar surface area (TPSA) is 3.24 Å². The zero-order valence-electron chi connectivity index (χ0n) is 13.9. The van der Waals surface area contributed by atoms with E-state index < -0.39 is 23.2 Å². The van der Waals surface area contributed by atoms with E-state index in [1.807, 2.05) is 18.2 Å². The summed E-state index contributed by atoms with van der Waals surface area (Å²) in [5.74, 6) is -3.71. The number of hydrogen-bond donors (Lipinski definition) is 0. The molecule has 0 amide bonds. The van der Waals surface area contributed by atoms with Crippen LogP contribution in [0.15, 0.2) is 42.5 Å². The summed E-state index contributed by atoms with van der Waals surface area (Å²) in [6.07, 6.45) is -4.68. The minimum atomic E-state index is -4.68. The molecule has 0 N–H and O–H groups in total. The fourth-order valence-corrected chi connectivity index (χ4v) is 3.40. The van der Waals surface area contributed by atoms with Crippen LogP contribution >= 0.6 is 0 Å². The first-order valence-electron chi connectivity index (χ1n) is 7.93. The summed E-state index contributed by atoms with van der Waals surface area (Å²) >= 11 is 0. The average Bonchev–Trinajstić information content (AvgIpc) is 2.52. The van der Waals surface area contributed by atoms with Crippen LogP contribution in [-0.4, -0.2) is 18.5 Å². The van der Waals surface area contributed by atoms with Gasteiger partial charge < -0.3 is 4.90 Å². The summed E-state index contributed by atoms with van der Waals surface area (Å²) in [7, 11) is 1.74. The molecule has 25 heavy (non-hydrogen) atoms. The molecule has 1 unspecified atom stereocenters. The van der Waals surface area contributed by atoms with Gasteiger partial charge in [0.1, 0.15) is 0 Å². The number of nitrogens with zero attached hydrogens (tertiary/aromatic N) is 1. The van der Waals surface area contributed by atoms with E-state index in [1.165, 1.54) is 6.07 Å². The quantitative estimate of drug-likeness (QED) is 0.653. The normalized spacial score (nSPS) is 18.9. The van der Waals surface area contributed by atoms with Crippen LogP contribution in [0.5, 0.6) is 0 Å². The number of benzene rings is 2. The molecule has 1 atom stereocenters. The first-order chi connectivity index (χ1) is 11.6. The van der Waals surface area contributed by atoms with Gasteiger partial charge >= 0.3 is 6.18 Å². The zero-order chi connectivity index (χ0) is 18.4. The van der Waals surface area contributed by atoms with Crippen LogP contribution in [0.1, 0.15) is 40.7 Å². The molecule has 0 saturated heterocycles. The van der Waals surface area contributed by atoms with Gasteiger partial charge in [0.15, 0.2) is 0 Å². The van der Waals surface area contributed by atoms with Crippen LogP contribution in [0.25, 0.3) is 0 Å². The van der Waals surface area contributed by atoms with Crippen molar-refractivity contribution in [3.8, 4) is 0 Å². The van der Waals surface area contributed by atoms with Crippen molar-refractivity contribution >= 4 is 0 Å². The van der Waals surface area contributed by atoms with Gasteiger partial charge in [-0.2, -0.15) is 13.2 Å². The molecule has 0 aliphatic carbocycles. The average molecular weight is 355 g/mol. The van der Waals surface area contributed by atoms with E-state index in [9.17, 15) is 22.0 Å². The molecule has 2 aromatic rings. The Morgan fingerprint density at radius 1 is 1.00 bits per heavy atom. The highest BCUT2D eigenvalue weighted by Crippen LogP contribution is 2.43. The minimum absolute atomic E-state index is 0.0862. The van der Waals surface area contributed by atoms with Crippen molar-refractivity contribution < 1.29 is 22.0 Å². The minimum Gasteiger partial charge on any atom is -0.301 e. The summed E-state index contributed by atoms with van der Waals surface area (Å²) in [5, 5.41) is 0. The predicted molar refractivity (Wildman–Crippen MR) is 85.6 cm³/mol. The Morgan fingerprint density at radius 2 is 1.64 bits per heavy atom. The molecular formula is C19H18F5N. The van der Waals surface area contributed by atoms with Gasteiger partial charge in [0, 0.05) is 31.5 Å². The zero-order valence-corrected chi connectivity index (χ0v) is 13.9. The second kappa shape index (κ2) is 6.09. The summed E-state index contributed by atoms with van der Waals surface area (Å²) < 4.78 is 68.3. The van der Waals surface area contributed by atoms with Gasteiger partial charge in [0.25, 0.3) is 5.92 Å². The first kappa shape index (κ1) is 17.9. The van der Waals surface area contributed by atoms with Gasteiger partial charge in [-0.3, -0.25) is 0 Å². The fraction of sp³-hybridized carbons (Fsp3) is 0.368. The van der Waals surface area contributed by atoms with Crippen LogP contribution in [0.4, 0.5) is 22.0 Å². The van der Waals surface area contributed by atoms with E-state index >= 15 is 0 Å². The van der Waals surface area contributed by atoms with Gasteiger partial charge in [-0.1, -0.05) is 30.3 Å². The first-order valence-corrected chi connectivity index (χ1v) is 7.93. The lowest BCUT2D eigenvalue weighted by atomic mass is 9.81. The number of likely N-dealkylation sites (N-methyl/N-ethyl adjacent to an activating group) is 1. The van der Waals surface area contributed by atoms with E-state index in [-0.39, 0.29) is 18.0 Å². The lowest BCUT2D eigenvalue weighted by molar-refractivity contribution is -0.138. The Hall–Kier alpha value is -1.95. The van der Waals surface area contributed by atoms with Crippen LogP contribution in [0, 0.1) is 0 Å². The molecule has 0 aromatic heterocycles. The lowest BCUT2D eigenvalue weighted by Gasteiger charge is -2.35. The summed E-state index contributed by atoms with van der Waals surface area (Å²) in [6, 6.07) is 10.9. The molecule has 0 saturated carbocycles. The van der Waals surface area contributed by atoms with Crippen LogP contribution in [-0.2, 0) is 18.6 Å². The van der Waals surface area contributed by atoms with Crippen molar-refractivity contribution in [3.63, 3.8) is 0 Å². The maximum atomic E-state index is 13.8. The number of rotatable bonds is 2. The monoisotopic (exact) mass is 355 g/mol. The lowest BCUT2D eigenvalue weighted by Crippen LogP contribution is -2.33. The molecular weight excluding hydrogens is 337 g/mol. The third-order valence-corrected chi connectivity index (χ3v) is 4.60. The van der Waals surface area contributed by atoms with E-state index in [2.05, 4.69) is 0 Å². The second-order valence-electron chi connectivity index (χ2n) is 6.64. The molecule has 0 bridgehead atoms. The number of halogens is 5. The Morgan fingerprint density at radius 3 is 2.20 bits per heavy atom. The highest BCUT2D eigenvalue weighted by Gasteiger charge is 2.40. The van der Waals surface area contributed by atoms with Gasteiger partial charge in [-0.05, 0) is 35.9 Å². The molecule has 134 valence electrons. The summed E-state index contributed by atoms with van der Waals surface area (Å²) in [5.41, 5.74) is -0.309. The predicted octanol–water partition coefficient (Wildman–Crippen LogP) is 5.39. The van der Waals surface area contributed by atoms with E-state index in [4.69, 9.17) is 0 Å². The molecule has 2 aromatic carbocycles. The maximum Gasteiger partial charge on any atom is 0.416 e. The molecule has 1 heterocycles. The Labute approximate surface area is 143 Å². The van der Waals surface area contributed by atoms with Crippen molar-refractivity contribution in [1.82, 2.24) is 4.90 Å². The SMILES string of the molecule is CN1Cc2c(cc(C(C)(F)F)cc2C(F)(F)F)C(c2ccccc2)C1. The van der Waals surface area contributed by atoms with Crippen molar-refractivity contribution in [2.24, 2.45) is 0 Å². The largest absolute Gasteiger partial charge is 0.416 e. The number of hydrogen-bond acceptors (Lipinski definition) is 1. The third kappa shape index (κ3) is 3.54. The standard InChI is InChI=1S/C19H18F5N/c1-18(20,21)13-8-14-15(12-6-4-3-5-7-12)10-25(2)11-16(14)17(9-13)19(22,23)24/h3-9,15H,10-11H2,1-2H3. The maximum absolute atomic E-state index is 13.8. The van der Waals surface area contributed by atoms with Gasteiger partial charge in [-0.25, -0.2) is 8.78 Å². The smallest absolute Gasteiger partial charge is 0.301 e. The Kier molecular flexibility index (Phi) is 4.35. The number of fused-ring (bicyclic) bond motifs is 1. The molecule has 1 aliphatic rings. The Balaban J connectivity index is 2.26. The van der Waals surface area contributed by atoms with Crippen LogP contribution in [0.2, 0.25) is 0 Å². The molecule has 0 radical (unpaired) electrons. The fourth-order valence-electron chi connectivity index (χ4n) is 3.40. The van der Waals surface area contributed by atoms with Gasteiger partial charge in [-0.15, -0.1) is 0 Å². The van der Waals surface area contributed by atoms with Gasteiger partial charge in [0.05, 0.1) is 5.56 Å². The second-order valence-corrected chi connectivity index (χ2v) is 6.64. The van der Waals surface area contributed by atoms with Gasteiger partial charge in [0.2, 0.25) is 0 Å². The van der Waals surface area contributed by atoms with Crippen molar-refractivity contribution in [2.45, 2.75) is 31.5 Å². The number of alkyl halides is 5. The van der Waals surface area contributed by atoms with E-state index in [0.29, 0.717) is 25.1 Å². The van der Waals surface area contributed by atoms with Crippen molar-refractivity contribution in [3.05, 3.63) is 70.3 Å². The molecule has 1 nitrogen and oxygen atoms in total. The highest BCUT2D eigenvalue weighted by atomic mass is 19.4. The Bertz CT molecular complexity index is 762. The van der Waals surface area contributed by atoms with Crippen LogP contribution < -0.4 is 0 Å². The summed E-state index contributed by atoms with van der Waals surface area (Å²) in [4.78, 5) is 1.79. The van der Waals surface area contributed by atoms with Crippen molar-refractivity contribution in [2.75, 3.05) is 13.6 Å². The van der Waals surface area contributed by atoms with Crippen molar-refractivity contribution in [1.29, 1.82) is 0 Å². The molecule has 0 fully saturated rings. The molecule has 3 rings (SSSR count). The van der Waals surface area contributed by atoms with Crippen LogP contribution in [0.3, 0.4) is 0 Å². The van der Waals surface area contributed by atoms with E-state index in [1.54, 1.807) is 24.1 Å². The summed E-state index contributed by atoms with van der Waals surface area (Å²) in [6.45, 7) is 1.19.